The molecular formula is C29H34ClN3O7S. The summed E-state index contributed by atoms with van der Waals surface area (Å²) in [6.07, 6.45) is 3.37. The number of halogens is 1. The van der Waals surface area contributed by atoms with E-state index in [0.29, 0.717) is 62.0 Å². The summed E-state index contributed by atoms with van der Waals surface area (Å²) in [5, 5.41) is 0.632. The SMILES string of the molecule is O=C1COC2CCN(CC2)C(=O)[C@@H]2CC[C@H]2CN2COCCc3cc(Cl)ccc3COc3ccc(cc32)S(=O)(=O)N1. The first-order valence-electron chi connectivity index (χ1n) is 14.1. The van der Waals surface area contributed by atoms with E-state index in [4.69, 9.17) is 25.8 Å². The number of anilines is 1. The van der Waals surface area contributed by atoms with Gasteiger partial charge in [0.05, 0.1) is 23.3 Å². The predicted molar refractivity (Wildman–Crippen MR) is 151 cm³/mol. The van der Waals surface area contributed by atoms with Gasteiger partial charge in [-0.2, -0.15) is 0 Å². The maximum atomic E-state index is 13.5. The molecular weight excluding hydrogens is 570 g/mol. The monoisotopic (exact) mass is 603 g/mol. The Balaban J connectivity index is 1.37. The minimum atomic E-state index is -4.18. The first kappa shape index (κ1) is 28.3. The van der Waals surface area contributed by atoms with E-state index in [1.165, 1.54) is 12.1 Å². The lowest BCUT2D eigenvalue weighted by Crippen LogP contribution is -2.50. The molecule has 4 aliphatic heterocycles. The number of benzene rings is 2. The summed E-state index contributed by atoms with van der Waals surface area (Å²) in [6, 6.07) is 10.2. The number of amides is 2. The molecule has 0 spiro atoms. The van der Waals surface area contributed by atoms with Crippen LogP contribution in [0.3, 0.4) is 0 Å². The third-order valence-corrected chi connectivity index (χ3v) is 10.1. The largest absolute Gasteiger partial charge is 0.487 e. The Labute approximate surface area is 244 Å². The molecule has 10 nitrogen and oxygen atoms in total. The van der Waals surface area contributed by atoms with Crippen LogP contribution in [-0.4, -0.2) is 70.8 Å². The van der Waals surface area contributed by atoms with E-state index in [1.54, 1.807) is 6.07 Å². The van der Waals surface area contributed by atoms with E-state index in [1.807, 2.05) is 28.0 Å². The standard InChI is InChI=1S/C29H34ClN3O7S/c30-22-3-1-21-16-40-27-6-4-24-14-26(27)33(18-38-12-9-19(21)13-22)15-20-2-5-25(20)29(35)32-10-7-23(8-11-32)39-17-28(34)31-41(24,36)37/h1,3-4,6,13-14,20,23,25H,2,5,7-12,15-18H2,(H,31,34)/t20-,25+/m0/s1. The number of piperidine rings is 1. The first-order valence-corrected chi connectivity index (χ1v) is 16.0. The lowest BCUT2D eigenvalue weighted by molar-refractivity contribution is -0.144. The van der Waals surface area contributed by atoms with Gasteiger partial charge < -0.3 is 24.0 Å². The molecule has 5 aliphatic rings. The quantitative estimate of drug-likeness (QED) is 0.489. The summed E-state index contributed by atoms with van der Waals surface area (Å²) in [5.74, 6) is -0.126. The predicted octanol–water partition coefficient (Wildman–Crippen LogP) is 3.11. The number of hydrogen-bond acceptors (Lipinski definition) is 8. The maximum Gasteiger partial charge on any atom is 0.264 e. The molecule has 1 aliphatic carbocycles. The first-order chi connectivity index (χ1) is 19.8. The van der Waals surface area contributed by atoms with Crippen LogP contribution in [0.25, 0.3) is 0 Å². The molecule has 2 atom stereocenters. The van der Waals surface area contributed by atoms with E-state index in [2.05, 4.69) is 4.72 Å². The van der Waals surface area contributed by atoms with Gasteiger partial charge in [0.2, 0.25) is 5.91 Å². The highest BCUT2D eigenvalue weighted by molar-refractivity contribution is 7.90. The molecule has 12 heteroatoms. The van der Waals surface area contributed by atoms with E-state index in [9.17, 15) is 18.0 Å². The summed E-state index contributed by atoms with van der Waals surface area (Å²) in [5.41, 5.74) is 2.50. The Hall–Kier alpha value is -2.86. The minimum Gasteiger partial charge on any atom is -0.487 e. The number of hydrogen-bond donors (Lipinski definition) is 1. The molecule has 0 aromatic heterocycles. The van der Waals surface area contributed by atoms with E-state index >= 15 is 0 Å². The van der Waals surface area contributed by atoms with Crippen LogP contribution >= 0.6 is 11.6 Å². The van der Waals surface area contributed by atoms with Gasteiger partial charge in [-0.15, -0.1) is 0 Å². The second-order valence-electron chi connectivity index (χ2n) is 11.1. The van der Waals surface area contributed by atoms with Crippen LogP contribution in [-0.2, 0) is 42.1 Å². The number of fused-ring (bicyclic) bond motifs is 7. The van der Waals surface area contributed by atoms with Gasteiger partial charge in [-0.05, 0) is 79.5 Å². The Bertz CT molecular complexity index is 1430. The number of rotatable bonds is 0. The molecule has 41 heavy (non-hydrogen) atoms. The number of carbonyl (C=O) groups excluding carboxylic acids is 2. The van der Waals surface area contributed by atoms with Crippen LogP contribution in [0.2, 0.25) is 5.02 Å². The lowest BCUT2D eigenvalue weighted by atomic mass is 9.72. The Morgan fingerprint density at radius 1 is 0.927 bits per heavy atom. The molecule has 1 saturated carbocycles. The van der Waals surface area contributed by atoms with E-state index in [-0.39, 0.29) is 48.7 Å². The Kier molecular flexibility index (Phi) is 8.13. The fourth-order valence-corrected chi connectivity index (χ4v) is 7.22. The number of carbonyl (C=O) groups is 2. The van der Waals surface area contributed by atoms with Crippen molar-refractivity contribution in [1.82, 2.24) is 9.62 Å². The highest BCUT2D eigenvalue weighted by Gasteiger charge is 2.41. The average molecular weight is 604 g/mol. The average Bonchev–Trinajstić information content (AvgIpc) is 2.97. The summed E-state index contributed by atoms with van der Waals surface area (Å²) < 4.78 is 46.8. The fraction of sp³-hybridized carbons (Fsp3) is 0.517. The molecule has 2 fully saturated rings. The molecule has 4 bridgehead atoms. The summed E-state index contributed by atoms with van der Waals surface area (Å²) in [7, 11) is -4.18. The van der Waals surface area contributed by atoms with E-state index in [0.717, 1.165) is 24.0 Å². The van der Waals surface area contributed by atoms with Gasteiger partial charge in [0.15, 0.2) is 0 Å². The van der Waals surface area contributed by atoms with Crippen molar-refractivity contribution in [1.29, 1.82) is 0 Å². The zero-order chi connectivity index (χ0) is 28.6. The molecule has 1 saturated heterocycles. The molecule has 220 valence electrons. The molecule has 2 aromatic carbocycles. The highest BCUT2D eigenvalue weighted by Crippen LogP contribution is 2.40. The number of nitrogens with one attached hydrogen (secondary N) is 1. The van der Waals surface area contributed by atoms with Gasteiger partial charge in [-0.3, -0.25) is 9.59 Å². The summed E-state index contributed by atoms with van der Waals surface area (Å²) in [4.78, 5) is 29.8. The molecule has 4 heterocycles. The van der Waals surface area contributed by atoms with Crippen LogP contribution in [0.1, 0.15) is 36.8 Å². The van der Waals surface area contributed by atoms with Crippen molar-refractivity contribution in [3.8, 4) is 5.75 Å². The van der Waals surface area contributed by atoms with Crippen LogP contribution < -0.4 is 14.4 Å². The van der Waals surface area contributed by atoms with Gasteiger partial charge in [0.1, 0.15) is 25.7 Å². The van der Waals surface area contributed by atoms with Gasteiger partial charge in [0.25, 0.3) is 15.9 Å². The smallest absolute Gasteiger partial charge is 0.264 e. The molecule has 1 N–H and O–H groups in total. The third kappa shape index (κ3) is 6.18. The number of sulfonamides is 1. The summed E-state index contributed by atoms with van der Waals surface area (Å²) >= 11 is 6.25. The van der Waals surface area contributed by atoms with Crippen molar-refractivity contribution in [3.63, 3.8) is 0 Å². The second-order valence-corrected chi connectivity index (χ2v) is 13.3. The summed E-state index contributed by atoms with van der Waals surface area (Å²) in [6.45, 7) is 2.11. The molecule has 2 amide bonds. The Morgan fingerprint density at radius 2 is 1.76 bits per heavy atom. The molecule has 0 radical (unpaired) electrons. The second kappa shape index (κ2) is 11.8. The molecule has 7 rings (SSSR count). The zero-order valence-corrected chi connectivity index (χ0v) is 24.3. The molecule has 2 aromatic rings. The van der Waals surface area contributed by atoms with Gasteiger partial charge >= 0.3 is 0 Å². The highest BCUT2D eigenvalue weighted by atomic mass is 35.5. The zero-order valence-electron chi connectivity index (χ0n) is 22.7. The molecule has 0 unspecified atom stereocenters. The van der Waals surface area contributed by atoms with Crippen molar-refractivity contribution >= 4 is 39.1 Å². The van der Waals surface area contributed by atoms with E-state index < -0.39 is 15.9 Å². The minimum absolute atomic E-state index is 0.0714. The van der Waals surface area contributed by atoms with Crippen LogP contribution in [0.15, 0.2) is 41.3 Å². The van der Waals surface area contributed by atoms with Gasteiger partial charge in [-0.1, -0.05) is 17.7 Å². The van der Waals surface area contributed by atoms with Crippen LogP contribution in [0.4, 0.5) is 5.69 Å². The number of nitrogens with zero attached hydrogens (tertiary/aromatic N) is 2. The van der Waals surface area contributed by atoms with Gasteiger partial charge in [-0.25, -0.2) is 13.1 Å². The van der Waals surface area contributed by atoms with Crippen molar-refractivity contribution < 1.29 is 32.2 Å². The normalized spacial score (nSPS) is 25.5. The van der Waals surface area contributed by atoms with Gasteiger partial charge in [0, 0.05) is 30.6 Å². The van der Waals surface area contributed by atoms with Crippen molar-refractivity contribution in [2.45, 2.75) is 49.7 Å². The topological polar surface area (TPSA) is 114 Å². The fourth-order valence-electron chi connectivity index (χ4n) is 6.04. The maximum absolute atomic E-state index is 13.5. The van der Waals surface area contributed by atoms with Crippen molar-refractivity contribution in [2.75, 3.05) is 44.5 Å². The Morgan fingerprint density at radius 3 is 2.54 bits per heavy atom. The van der Waals surface area contributed by atoms with Crippen LogP contribution in [0.5, 0.6) is 5.75 Å². The van der Waals surface area contributed by atoms with Crippen molar-refractivity contribution in [2.24, 2.45) is 11.8 Å². The third-order valence-electron chi connectivity index (χ3n) is 8.54. The number of ether oxygens (including phenoxy) is 3. The van der Waals surface area contributed by atoms with Crippen LogP contribution in [0, 0.1) is 11.8 Å². The lowest BCUT2D eigenvalue weighted by Gasteiger charge is -2.43. The van der Waals surface area contributed by atoms with Crippen molar-refractivity contribution in [3.05, 3.63) is 52.5 Å².